The Kier molecular flexibility index (Phi) is 7.44. The van der Waals surface area contributed by atoms with Crippen LogP contribution in [0.5, 0.6) is 5.75 Å². The Morgan fingerprint density at radius 3 is 2.55 bits per heavy atom. The molecule has 0 spiro atoms. The molecular weight excluding hydrogens is 362 g/mol. The maximum atomic E-state index is 12.8. The molecule has 1 heterocycles. The number of piperazine rings is 1. The van der Waals surface area contributed by atoms with Crippen LogP contribution in [0.4, 0.5) is 5.69 Å². The number of rotatable bonds is 7. The molecule has 1 unspecified atom stereocenters. The van der Waals surface area contributed by atoms with E-state index in [9.17, 15) is 4.79 Å². The Morgan fingerprint density at radius 1 is 1.14 bits per heavy atom. The molecule has 29 heavy (non-hydrogen) atoms. The van der Waals surface area contributed by atoms with Gasteiger partial charge in [0.15, 0.2) is 0 Å². The number of methoxy groups -OCH3 is 1. The average Bonchev–Trinajstić information content (AvgIpc) is 2.74. The lowest BCUT2D eigenvalue weighted by Gasteiger charge is -2.37. The Labute approximate surface area is 174 Å². The van der Waals surface area contributed by atoms with Crippen molar-refractivity contribution in [3.05, 3.63) is 65.7 Å². The standard InChI is InChI=1S/C24H31N3O2/c1-19-11-12-23(29-3)22(18-19)25-24(28)20(2)27-16-14-26(15-17-27)13-7-10-21-8-5-4-6-9-21/h4-12,18,20H,13-17H2,1-3H3,(H,25,28)/b10-7+. The molecule has 0 aromatic heterocycles. The normalized spacial score (nSPS) is 16.7. The fourth-order valence-corrected chi connectivity index (χ4v) is 3.56. The minimum atomic E-state index is -0.178. The zero-order chi connectivity index (χ0) is 20.6. The van der Waals surface area contributed by atoms with E-state index in [-0.39, 0.29) is 11.9 Å². The number of aryl methyl sites for hydroxylation is 1. The quantitative estimate of drug-likeness (QED) is 0.780. The molecule has 2 aromatic rings. The summed E-state index contributed by atoms with van der Waals surface area (Å²) in [7, 11) is 1.62. The summed E-state index contributed by atoms with van der Waals surface area (Å²) in [4.78, 5) is 17.4. The van der Waals surface area contributed by atoms with E-state index < -0.39 is 0 Å². The molecule has 1 atom stereocenters. The van der Waals surface area contributed by atoms with Crippen molar-refractivity contribution in [3.8, 4) is 5.75 Å². The molecule has 0 radical (unpaired) electrons. The lowest BCUT2D eigenvalue weighted by atomic mass is 10.1. The predicted molar refractivity (Wildman–Crippen MR) is 119 cm³/mol. The average molecular weight is 394 g/mol. The third-order valence-corrected chi connectivity index (χ3v) is 5.42. The highest BCUT2D eigenvalue weighted by Crippen LogP contribution is 2.25. The molecule has 3 rings (SSSR count). The molecule has 1 saturated heterocycles. The van der Waals surface area contributed by atoms with Gasteiger partial charge in [-0.1, -0.05) is 48.6 Å². The van der Waals surface area contributed by atoms with Crippen molar-refractivity contribution in [3.63, 3.8) is 0 Å². The summed E-state index contributed by atoms with van der Waals surface area (Å²) >= 11 is 0. The molecular formula is C24H31N3O2. The third kappa shape index (κ3) is 5.92. The van der Waals surface area contributed by atoms with E-state index in [1.54, 1.807) is 7.11 Å². The van der Waals surface area contributed by atoms with Crippen LogP contribution in [0.25, 0.3) is 6.08 Å². The molecule has 0 saturated carbocycles. The molecule has 154 valence electrons. The largest absolute Gasteiger partial charge is 0.495 e. The number of carbonyl (C=O) groups is 1. The highest BCUT2D eigenvalue weighted by atomic mass is 16.5. The fraction of sp³-hybridized carbons (Fsp3) is 0.375. The lowest BCUT2D eigenvalue weighted by Crippen LogP contribution is -2.52. The SMILES string of the molecule is COc1ccc(C)cc1NC(=O)C(C)N1CCN(C/C=C/c2ccccc2)CC1. The van der Waals surface area contributed by atoms with E-state index in [4.69, 9.17) is 4.74 Å². The van der Waals surface area contributed by atoms with Crippen molar-refractivity contribution in [1.82, 2.24) is 9.80 Å². The van der Waals surface area contributed by atoms with Crippen molar-refractivity contribution < 1.29 is 9.53 Å². The number of nitrogens with one attached hydrogen (secondary N) is 1. The van der Waals surface area contributed by atoms with E-state index in [0.717, 1.165) is 44.0 Å². The molecule has 1 aliphatic rings. The molecule has 5 heteroatoms. The summed E-state index contributed by atoms with van der Waals surface area (Å²) in [5, 5.41) is 3.03. The van der Waals surface area contributed by atoms with Gasteiger partial charge in [-0.15, -0.1) is 0 Å². The fourth-order valence-electron chi connectivity index (χ4n) is 3.56. The monoisotopic (exact) mass is 393 g/mol. The Hall–Kier alpha value is -2.63. The summed E-state index contributed by atoms with van der Waals surface area (Å²) in [5.74, 6) is 0.692. The highest BCUT2D eigenvalue weighted by molar-refractivity contribution is 5.96. The number of benzene rings is 2. The maximum absolute atomic E-state index is 12.8. The van der Waals surface area contributed by atoms with Gasteiger partial charge in [-0.05, 0) is 37.1 Å². The highest BCUT2D eigenvalue weighted by Gasteiger charge is 2.25. The number of ether oxygens (including phenoxy) is 1. The molecule has 1 fully saturated rings. The van der Waals surface area contributed by atoms with Crippen LogP contribution in [0.15, 0.2) is 54.6 Å². The number of hydrogen-bond acceptors (Lipinski definition) is 4. The molecule has 0 bridgehead atoms. The van der Waals surface area contributed by atoms with E-state index in [0.29, 0.717) is 5.75 Å². The van der Waals surface area contributed by atoms with Gasteiger partial charge in [0.25, 0.3) is 0 Å². The first kappa shape index (κ1) is 21.1. The molecule has 5 nitrogen and oxygen atoms in total. The second-order valence-corrected chi connectivity index (χ2v) is 7.52. The van der Waals surface area contributed by atoms with Crippen LogP contribution in [-0.4, -0.2) is 61.6 Å². The number of nitrogens with zero attached hydrogens (tertiary/aromatic N) is 2. The van der Waals surface area contributed by atoms with Gasteiger partial charge in [-0.2, -0.15) is 0 Å². The van der Waals surface area contributed by atoms with Crippen molar-refractivity contribution >= 4 is 17.7 Å². The van der Waals surface area contributed by atoms with E-state index in [1.807, 2.05) is 38.1 Å². The number of hydrogen-bond donors (Lipinski definition) is 1. The first-order valence-electron chi connectivity index (χ1n) is 10.2. The van der Waals surface area contributed by atoms with Gasteiger partial charge < -0.3 is 10.1 Å². The van der Waals surface area contributed by atoms with Crippen molar-refractivity contribution in [2.45, 2.75) is 19.9 Å². The number of carbonyl (C=O) groups excluding carboxylic acids is 1. The first-order valence-corrected chi connectivity index (χ1v) is 10.2. The first-order chi connectivity index (χ1) is 14.1. The predicted octanol–water partition coefficient (Wildman–Crippen LogP) is 3.66. The van der Waals surface area contributed by atoms with Crippen LogP contribution < -0.4 is 10.1 Å². The van der Waals surface area contributed by atoms with Gasteiger partial charge in [0.05, 0.1) is 18.8 Å². The van der Waals surface area contributed by atoms with Crippen LogP contribution in [0.2, 0.25) is 0 Å². The summed E-state index contributed by atoms with van der Waals surface area (Å²) in [5.41, 5.74) is 3.04. The van der Waals surface area contributed by atoms with Crippen LogP contribution in [-0.2, 0) is 4.79 Å². The Balaban J connectivity index is 1.48. The Bertz CT molecular complexity index is 827. The van der Waals surface area contributed by atoms with Gasteiger partial charge >= 0.3 is 0 Å². The van der Waals surface area contributed by atoms with Gasteiger partial charge in [0.1, 0.15) is 5.75 Å². The zero-order valence-electron chi connectivity index (χ0n) is 17.6. The maximum Gasteiger partial charge on any atom is 0.241 e. The summed E-state index contributed by atoms with van der Waals surface area (Å²) in [6.07, 6.45) is 4.38. The van der Waals surface area contributed by atoms with Crippen molar-refractivity contribution in [2.75, 3.05) is 45.2 Å². The van der Waals surface area contributed by atoms with Crippen LogP contribution in [0.3, 0.4) is 0 Å². The molecule has 1 N–H and O–H groups in total. The molecule has 2 aromatic carbocycles. The molecule has 1 amide bonds. The molecule has 0 aliphatic carbocycles. The van der Waals surface area contributed by atoms with E-state index in [1.165, 1.54) is 5.56 Å². The van der Waals surface area contributed by atoms with Gasteiger partial charge in [-0.3, -0.25) is 14.6 Å². The smallest absolute Gasteiger partial charge is 0.241 e. The lowest BCUT2D eigenvalue weighted by molar-refractivity contribution is -0.121. The topological polar surface area (TPSA) is 44.8 Å². The second-order valence-electron chi connectivity index (χ2n) is 7.52. The van der Waals surface area contributed by atoms with Crippen LogP contribution in [0, 0.1) is 6.92 Å². The summed E-state index contributed by atoms with van der Waals surface area (Å²) in [6, 6.07) is 16.0. The second kappa shape index (κ2) is 10.2. The van der Waals surface area contributed by atoms with E-state index in [2.05, 4.69) is 51.5 Å². The summed E-state index contributed by atoms with van der Waals surface area (Å²) in [6.45, 7) is 8.61. The minimum absolute atomic E-state index is 0.00586. The summed E-state index contributed by atoms with van der Waals surface area (Å²) < 4.78 is 5.37. The van der Waals surface area contributed by atoms with Crippen LogP contribution >= 0.6 is 0 Å². The Morgan fingerprint density at radius 2 is 1.86 bits per heavy atom. The number of anilines is 1. The number of amides is 1. The van der Waals surface area contributed by atoms with Gasteiger partial charge in [0.2, 0.25) is 5.91 Å². The van der Waals surface area contributed by atoms with Gasteiger partial charge in [0, 0.05) is 32.7 Å². The van der Waals surface area contributed by atoms with Gasteiger partial charge in [-0.25, -0.2) is 0 Å². The third-order valence-electron chi connectivity index (χ3n) is 5.42. The van der Waals surface area contributed by atoms with E-state index >= 15 is 0 Å². The van der Waals surface area contributed by atoms with Crippen molar-refractivity contribution in [1.29, 1.82) is 0 Å². The minimum Gasteiger partial charge on any atom is -0.495 e. The zero-order valence-corrected chi connectivity index (χ0v) is 17.6. The molecule has 1 aliphatic heterocycles. The van der Waals surface area contributed by atoms with Crippen molar-refractivity contribution in [2.24, 2.45) is 0 Å². The van der Waals surface area contributed by atoms with Crippen LogP contribution in [0.1, 0.15) is 18.1 Å².